The Bertz CT molecular complexity index is 1170. The summed E-state index contributed by atoms with van der Waals surface area (Å²) in [4.78, 5) is 32.1. The van der Waals surface area contributed by atoms with E-state index in [0.717, 1.165) is 27.6 Å². The number of amides is 1. The highest BCUT2D eigenvalue weighted by atomic mass is 32.1. The van der Waals surface area contributed by atoms with Crippen molar-refractivity contribution in [3.63, 3.8) is 0 Å². The molecule has 0 fully saturated rings. The van der Waals surface area contributed by atoms with E-state index in [0.29, 0.717) is 31.7 Å². The maximum atomic E-state index is 13.1. The van der Waals surface area contributed by atoms with E-state index in [9.17, 15) is 9.59 Å². The van der Waals surface area contributed by atoms with Crippen LogP contribution in [0.25, 0.3) is 0 Å². The van der Waals surface area contributed by atoms with Gasteiger partial charge in [0.25, 0.3) is 5.91 Å². The minimum absolute atomic E-state index is 0.126. The van der Waals surface area contributed by atoms with Gasteiger partial charge in [-0.1, -0.05) is 26.0 Å². The molecule has 2 aromatic heterocycles. The van der Waals surface area contributed by atoms with E-state index in [-0.39, 0.29) is 24.1 Å². The van der Waals surface area contributed by atoms with E-state index in [1.54, 1.807) is 18.9 Å². The monoisotopic (exact) mass is 468 g/mol. The fraction of sp³-hybridized carbons (Fsp3) is 0.417. The Kier molecular flexibility index (Phi) is 6.78. The summed E-state index contributed by atoms with van der Waals surface area (Å²) in [7, 11) is 1.63. The van der Waals surface area contributed by atoms with Crippen molar-refractivity contribution in [2.75, 3.05) is 20.3 Å². The highest BCUT2D eigenvalue weighted by molar-refractivity contribution is 7.09. The fourth-order valence-corrected chi connectivity index (χ4v) is 4.72. The molecule has 1 aliphatic rings. The zero-order valence-electron chi connectivity index (χ0n) is 19.3. The van der Waals surface area contributed by atoms with Gasteiger partial charge in [-0.05, 0) is 24.6 Å². The number of thiazole rings is 1. The topological polar surface area (TPSA) is 86.5 Å². The molecule has 0 aliphatic carbocycles. The Morgan fingerprint density at radius 2 is 2.09 bits per heavy atom. The third-order valence-corrected chi connectivity index (χ3v) is 6.74. The Balaban J connectivity index is 1.63. The molecule has 0 N–H and O–H groups in total. The number of aromatic nitrogens is 3. The summed E-state index contributed by atoms with van der Waals surface area (Å²) in [5.74, 6) is 0.442. The van der Waals surface area contributed by atoms with Gasteiger partial charge in [-0.2, -0.15) is 5.10 Å². The van der Waals surface area contributed by atoms with Gasteiger partial charge >= 0.3 is 5.97 Å². The van der Waals surface area contributed by atoms with Crippen molar-refractivity contribution in [1.82, 2.24) is 19.7 Å². The summed E-state index contributed by atoms with van der Waals surface area (Å²) in [5, 5.41) is 7.36. The number of esters is 1. The molecule has 0 saturated heterocycles. The van der Waals surface area contributed by atoms with Crippen LogP contribution in [0.3, 0.4) is 0 Å². The lowest BCUT2D eigenvalue weighted by molar-refractivity contribution is 0.0513. The van der Waals surface area contributed by atoms with Crippen LogP contribution in [0.15, 0.2) is 29.6 Å². The Morgan fingerprint density at radius 3 is 2.79 bits per heavy atom. The zero-order chi connectivity index (χ0) is 23.5. The number of methoxy groups -OCH3 is 1. The number of ether oxygens (including phenoxy) is 2. The maximum Gasteiger partial charge on any atom is 0.359 e. The van der Waals surface area contributed by atoms with Crippen molar-refractivity contribution >= 4 is 23.2 Å². The molecule has 174 valence electrons. The van der Waals surface area contributed by atoms with Crippen LogP contribution in [-0.2, 0) is 24.2 Å². The summed E-state index contributed by atoms with van der Waals surface area (Å²) in [6.07, 6.45) is 0.596. The highest BCUT2D eigenvalue weighted by Crippen LogP contribution is 2.27. The third-order valence-electron chi connectivity index (χ3n) is 5.59. The van der Waals surface area contributed by atoms with Gasteiger partial charge in [-0.3, -0.25) is 9.48 Å². The molecule has 0 spiro atoms. The second kappa shape index (κ2) is 9.74. The molecule has 3 aromatic rings. The second-order valence-corrected chi connectivity index (χ2v) is 9.10. The largest absolute Gasteiger partial charge is 0.497 e. The molecule has 1 aromatic carbocycles. The molecule has 0 bridgehead atoms. The molecular weight excluding hydrogens is 440 g/mol. The number of carbonyl (C=O) groups is 2. The highest BCUT2D eigenvalue weighted by Gasteiger charge is 2.32. The SMILES string of the molecule is CCOC(=O)c1nn(Cc2cccc(OC)c2)c2c1CN(C(=O)c1csc(C(C)C)n1)CC2. The normalized spacial score (nSPS) is 13.2. The van der Waals surface area contributed by atoms with Crippen LogP contribution in [0.5, 0.6) is 5.75 Å². The predicted molar refractivity (Wildman–Crippen MR) is 125 cm³/mol. The molecule has 1 aliphatic heterocycles. The molecule has 33 heavy (non-hydrogen) atoms. The first-order valence-electron chi connectivity index (χ1n) is 11.0. The first-order chi connectivity index (χ1) is 15.9. The van der Waals surface area contributed by atoms with Gasteiger partial charge in [0.1, 0.15) is 11.4 Å². The minimum Gasteiger partial charge on any atom is -0.497 e. The van der Waals surface area contributed by atoms with Gasteiger partial charge in [0, 0.05) is 35.5 Å². The van der Waals surface area contributed by atoms with Gasteiger partial charge in [0.2, 0.25) is 0 Å². The predicted octanol–water partition coefficient (Wildman–Crippen LogP) is 3.90. The number of benzene rings is 1. The number of hydrogen-bond acceptors (Lipinski definition) is 7. The molecule has 0 atom stereocenters. The lowest BCUT2D eigenvalue weighted by Gasteiger charge is -2.27. The van der Waals surface area contributed by atoms with Crippen LogP contribution < -0.4 is 4.74 Å². The van der Waals surface area contributed by atoms with E-state index < -0.39 is 5.97 Å². The average molecular weight is 469 g/mol. The van der Waals surface area contributed by atoms with E-state index in [1.165, 1.54) is 11.3 Å². The van der Waals surface area contributed by atoms with E-state index in [2.05, 4.69) is 23.9 Å². The van der Waals surface area contributed by atoms with Crippen LogP contribution in [0.1, 0.15) is 69.5 Å². The lowest BCUT2D eigenvalue weighted by Crippen LogP contribution is -2.37. The van der Waals surface area contributed by atoms with Gasteiger partial charge in [-0.15, -0.1) is 11.3 Å². The average Bonchev–Trinajstić information content (AvgIpc) is 3.44. The van der Waals surface area contributed by atoms with E-state index in [4.69, 9.17) is 9.47 Å². The van der Waals surface area contributed by atoms with Crippen LogP contribution in [0, 0.1) is 0 Å². The Morgan fingerprint density at radius 1 is 1.27 bits per heavy atom. The number of carbonyl (C=O) groups excluding carboxylic acids is 2. The molecule has 0 saturated carbocycles. The van der Waals surface area contributed by atoms with Gasteiger partial charge in [-0.25, -0.2) is 9.78 Å². The summed E-state index contributed by atoms with van der Waals surface area (Å²) in [6, 6.07) is 7.76. The molecule has 0 radical (unpaired) electrons. The van der Waals surface area contributed by atoms with Crippen molar-refractivity contribution in [1.29, 1.82) is 0 Å². The standard InChI is InChI=1S/C24H28N4O4S/c1-5-32-24(30)21-18-13-27(23(29)19-14-33-22(25-19)15(2)3)10-9-20(18)28(26-21)12-16-7-6-8-17(11-16)31-4/h6-8,11,14-15H,5,9-10,12-13H2,1-4H3. The van der Waals surface area contributed by atoms with E-state index >= 15 is 0 Å². The number of fused-ring (bicyclic) bond motifs is 1. The maximum absolute atomic E-state index is 13.1. The summed E-state index contributed by atoms with van der Waals surface area (Å²) < 4.78 is 12.4. The first-order valence-corrected chi connectivity index (χ1v) is 11.9. The van der Waals surface area contributed by atoms with Crippen LogP contribution >= 0.6 is 11.3 Å². The smallest absolute Gasteiger partial charge is 0.359 e. The van der Waals surface area contributed by atoms with Gasteiger partial charge in [0.05, 0.1) is 31.8 Å². The number of nitrogens with zero attached hydrogens (tertiary/aromatic N) is 4. The van der Waals surface area contributed by atoms with Crippen molar-refractivity contribution in [3.05, 3.63) is 62.9 Å². The van der Waals surface area contributed by atoms with Crippen LogP contribution in [0.4, 0.5) is 0 Å². The van der Waals surface area contributed by atoms with Crippen LogP contribution in [0.2, 0.25) is 0 Å². The van der Waals surface area contributed by atoms with Gasteiger partial charge < -0.3 is 14.4 Å². The van der Waals surface area contributed by atoms with Crippen molar-refractivity contribution in [2.45, 2.75) is 46.2 Å². The van der Waals surface area contributed by atoms with Crippen molar-refractivity contribution < 1.29 is 19.1 Å². The molecule has 9 heteroatoms. The lowest BCUT2D eigenvalue weighted by atomic mass is 10.0. The minimum atomic E-state index is -0.469. The quantitative estimate of drug-likeness (QED) is 0.489. The number of hydrogen-bond donors (Lipinski definition) is 0. The van der Waals surface area contributed by atoms with Crippen molar-refractivity contribution in [3.8, 4) is 5.75 Å². The molecule has 8 nitrogen and oxygen atoms in total. The van der Waals surface area contributed by atoms with E-state index in [1.807, 2.05) is 34.3 Å². The molecule has 1 amide bonds. The second-order valence-electron chi connectivity index (χ2n) is 8.21. The summed E-state index contributed by atoms with van der Waals surface area (Å²) in [6.45, 7) is 7.47. The molecule has 4 rings (SSSR count). The zero-order valence-corrected chi connectivity index (χ0v) is 20.1. The summed E-state index contributed by atoms with van der Waals surface area (Å²) >= 11 is 1.50. The summed E-state index contributed by atoms with van der Waals surface area (Å²) in [5.41, 5.74) is 3.43. The first kappa shape index (κ1) is 23.0. The van der Waals surface area contributed by atoms with Crippen LogP contribution in [-0.4, -0.2) is 51.8 Å². The van der Waals surface area contributed by atoms with Gasteiger partial charge in [0.15, 0.2) is 5.69 Å². The molecule has 0 unspecified atom stereocenters. The third kappa shape index (κ3) is 4.78. The molecule has 3 heterocycles. The fourth-order valence-electron chi connectivity index (χ4n) is 3.92. The Labute approximate surface area is 197 Å². The number of rotatable bonds is 7. The Hall–Kier alpha value is -3.20. The molecular formula is C24H28N4O4S. The van der Waals surface area contributed by atoms with Crippen molar-refractivity contribution in [2.24, 2.45) is 0 Å².